The van der Waals surface area contributed by atoms with Gasteiger partial charge < -0.3 is 4.74 Å². The van der Waals surface area contributed by atoms with Crippen LogP contribution in [0.3, 0.4) is 0 Å². The Morgan fingerprint density at radius 3 is 2.14 bits per heavy atom. The molecule has 0 unspecified atom stereocenters. The van der Waals surface area contributed by atoms with Crippen LogP contribution in [0.2, 0.25) is 0 Å². The molecule has 1 aliphatic carbocycles. The van der Waals surface area contributed by atoms with Crippen LogP contribution in [-0.4, -0.2) is 27.7 Å². The van der Waals surface area contributed by atoms with E-state index in [4.69, 9.17) is 15.3 Å². The van der Waals surface area contributed by atoms with Gasteiger partial charge in [-0.1, -0.05) is 0 Å². The van der Waals surface area contributed by atoms with Gasteiger partial charge in [0, 0.05) is 41.0 Å². The highest BCUT2D eigenvalue weighted by Gasteiger charge is 2.35. The molecule has 0 bridgehead atoms. The molecular formula is C17H6N4O7. The molecule has 0 amide bonds. The number of fused-ring (bicyclic) bond motifs is 3. The number of hydrogen-bond donors (Lipinski definition) is 0. The van der Waals surface area contributed by atoms with Crippen LogP contribution < -0.4 is 0 Å². The first-order valence-electron chi connectivity index (χ1n) is 7.44. The normalized spacial score (nSPS) is 11.2. The summed E-state index contributed by atoms with van der Waals surface area (Å²) in [6.07, 6.45) is -1.75. The van der Waals surface area contributed by atoms with Crippen molar-refractivity contribution in [2.24, 2.45) is 0 Å². The summed E-state index contributed by atoms with van der Waals surface area (Å²) >= 11 is 0. The van der Waals surface area contributed by atoms with Crippen LogP contribution in [-0.2, 0) is 4.74 Å². The van der Waals surface area contributed by atoms with E-state index in [0.29, 0.717) is 0 Å². The third-order valence-electron chi connectivity index (χ3n) is 3.99. The van der Waals surface area contributed by atoms with Gasteiger partial charge >= 0.3 is 5.97 Å². The molecule has 0 atom stereocenters. The van der Waals surface area contributed by atoms with Crippen molar-refractivity contribution in [2.45, 2.75) is 6.10 Å². The zero-order valence-electron chi connectivity index (χ0n) is 13.6. The number of esters is 1. The van der Waals surface area contributed by atoms with Gasteiger partial charge in [-0.25, -0.2) is 4.79 Å². The fourth-order valence-electron chi connectivity index (χ4n) is 2.81. The smallest absolute Gasteiger partial charge is 0.341 e. The zero-order chi connectivity index (χ0) is 20.6. The fraction of sp³-hybridized carbons (Fsp3) is 0.0588. The van der Waals surface area contributed by atoms with Gasteiger partial charge in [0.2, 0.25) is 0 Å². The molecule has 136 valence electrons. The summed E-state index contributed by atoms with van der Waals surface area (Å²) in [6.45, 7) is 0. The lowest BCUT2D eigenvalue weighted by molar-refractivity contribution is -0.385. The SMILES string of the molecule is N#CC(C#N)OC(=O)c1cc([N+](=O)[O-])cc2c1-c1ccc([N+](=O)[O-])cc1C2=O. The predicted octanol–water partition coefficient (Wildman–Crippen LogP) is 2.29. The number of nitro groups is 2. The Morgan fingerprint density at radius 2 is 1.57 bits per heavy atom. The number of rotatable bonds is 4. The van der Waals surface area contributed by atoms with E-state index in [0.717, 1.165) is 24.3 Å². The number of carbonyl (C=O) groups excluding carboxylic acids is 2. The van der Waals surface area contributed by atoms with Crippen molar-refractivity contribution < 1.29 is 24.2 Å². The standard InChI is InChI=1S/C17H6N4O7/c18-6-10(7-19)28-17(23)14-5-9(21(26)27)4-13-15(14)11-2-1-8(20(24)25)3-12(11)16(13)22/h1-5,10H. The van der Waals surface area contributed by atoms with Crippen molar-refractivity contribution in [3.63, 3.8) is 0 Å². The van der Waals surface area contributed by atoms with E-state index >= 15 is 0 Å². The number of ether oxygens (including phenoxy) is 1. The van der Waals surface area contributed by atoms with Gasteiger partial charge in [0.05, 0.1) is 15.4 Å². The van der Waals surface area contributed by atoms with Crippen molar-refractivity contribution in [1.29, 1.82) is 10.5 Å². The molecule has 0 aromatic heterocycles. The monoisotopic (exact) mass is 378 g/mol. The molecule has 0 N–H and O–H groups in total. The first-order valence-corrected chi connectivity index (χ1v) is 7.44. The van der Waals surface area contributed by atoms with Gasteiger partial charge in [0.15, 0.2) is 5.78 Å². The number of non-ortho nitro benzene ring substituents is 2. The van der Waals surface area contributed by atoms with Crippen LogP contribution in [0.1, 0.15) is 26.3 Å². The third kappa shape index (κ3) is 2.79. The first kappa shape index (κ1) is 18.2. The summed E-state index contributed by atoms with van der Waals surface area (Å²) in [5, 5.41) is 39.7. The van der Waals surface area contributed by atoms with Gasteiger partial charge in [-0.05, 0) is 11.6 Å². The molecule has 0 fully saturated rings. The number of carbonyl (C=O) groups is 2. The maximum Gasteiger partial charge on any atom is 0.341 e. The van der Waals surface area contributed by atoms with E-state index < -0.39 is 39.0 Å². The summed E-state index contributed by atoms with van der Waals surface area (Å²) in [7, 11) is 0. The van der Waals surface area contributed by atoms with Crippen molar-refractivity contribution in [1.82, 2.24) is 0 Å². The Bertz CT molecular complexity index is 1160. The molecule has 11 nitrogen and oxygen atoms in total. The average molecular weight is 378 g/mol. The van der Waals surface area contributed by atoms with Crippen molar-refractivity contribution >= 4 is 23.1 Å². The Morgan fingerprint density at radius 1 is 0.964 bits per heavy atom. The molecule has 3 rings (SSSR count). The molecule has 0 aliphatic heterocycles. The first-order chi connectivity index (χ1) is 13.3. The van der Waals surface area contributed by atoms with Crippen molar-refractivity contribution in [3.8, 4) is 23.3 Å². The maximum absolute atomic E-state index is 12.6. The number of benzene rings is 2. The minimum Gasteiger partial charge on any atom is -0.429 e. The Labute approximate surface area is 155 Å². The highest BCUT2D eigenvalue weighted by atomic mass is 16.6. The number of nitrogens with zero attached hydrogens (tertiary/aromatic N) is 4. The average Bonchev–Trinajstić information content (AvgIpc) is 2.97. The molecule has 0 radical (unpaired) electrons. The van der Waals surface area contributed by atoms with E-state index in [1.165, 1.54) is 18.2 Å². The molecule has 2 aromatic rings. The van der Waals surface area contributed by atoms with Crippen molar-refractivity contribution in [3.05, 3.63) is 67.3 Å². The number of ketones is 1. The summed E-state index contributed by atoms with van der Waals surface area (Å²) in [5.41, 5.74) is -1.53. The lowest BCUT2D eigenvalue weighted by atomic mass is 9.98. The van der Waals surface area contributed by atoms with E-state index in [9.17, 15) is 29.8 Å². The lowest BCUT2D eigenvalue weighted by Gasteiger charge is -2.09. The van der Waals surface area contributed by atoms with Crippen LogP contribution in [0.15, 0.2) is 30.3 Å². The third-order valence-corrected chi connectivity index (χ3v) is 3.99. The summed E-state index contributed by atoms with van der Waals surface area (Å²) in [6, 6.07) is 8.02. The second kappa shape index (κ2) is 6.59. The largest absolute Gasteiger partial charge is 0.429 e. The number of hydrogen-bond acceptors (Lipinski definition) is 9. The quantitative estimate of drug-likeness (QED) is 0.374. The predicted molar refractivity (Wildman–Crippen MR) is 89.0 cm³/mol. The van der Waals surface area contributed by atoms with Gasteiger partial charge in [-0.2, -0.15) is 10.5 Å². The number of nitriles is 2. The molecule has 11 heteroatoms. The van der Waals surface area contributed by atoms with E-state index in [1.54, 1.807) is 0 Å². The Hall–Kier alpha value is -4.64. The fourth-order valence-corrected chi connectivity index (χ4v) is 2.81. The molecule has 0 saturated carbocycles. The Balaban J connectivity index is 2.25. The minimum absolute atomic E-state index is 0.0138. The van der Waals surface area contributed by atoms with Crippen LogP contribution >= 0.6 is 0 Å². The molecule has 0 saturated heterocycles. The highest BCUT2D eigenvalue weighted by Crippen LogP contribution is 2.42. The zero-order valence-corrected chi connectivity index (χ0v) is 13.6. The van der Waals surface area contributed by atoms with Crippen LogP contribution in [0.25, 0.3) is 11.1 Å². The van der Waals surface area contributed by atoms with Crippen LogP contribution in [0, 0.1) is 42.9 Å². The van der Waals surface area contributed by atoms with E-state index in [1.807, 2.05) is 0 Å². The molecule has 1 aliphatic rings. The second-order valence-corrected chi connectivity index (χ2v) is 5.53. The second-order valence-electron chi connectivity index (χ2n) is 5.53. The van der Waals surface area contributed by atoms with Gasteiger partial charge in [0.1, 0.15) is 12.1 Å². The summed E-state index contributed by atoms with van der Waals surface area (Å²) in [5.74, 6) is -1.95. The Kier molecular flexibility index (Phi) is 4.27. The number of nitro benzene ring substituents is 2. The summed E-state index contributed by atoms with van der Waals surface area (Å²) in [4.78, 5) is 45.7. The van der Waals surface area contributed by atoms with Crippen LogP contribution in [0.5, 0.6) is 0 Å². The molecule has 2 aromatic carbocycles. The van der Waals surface area contributed by atoms with Crippen molar-refractivity contribution in [2.75, 3.05) is 0 Å². The topological polar surface area (TPSA) is 177 Å². The summed E-state index contributed by atoms with van der Waals surface area (Å²) < 4.78 is 4.70. The molecule has 0 heterocycles. The molecule has 0 spiro atoms. The van der Waals surface area contributed by atoms with Crippen LogP contribution in [0.4, 0.5) is 11.4 Å². The van der Waals surface area contributed by atoms with Gasteiger partial charge in [-0.15, -0.1) is 0 Å². The highest BCUT2D eigenvalue weighted by molar-refractivity contribution is 6.24. The molecule has 28 heavy (non-hydrogen) atoms. The lowest BCUT2D eigenvalue weighted by Crippen LogP contribution is -2.16. The minimum atomic E-state index is -1.75. The maximum atomic E-state index is 12.6. The van der Waals surface area contributed by atoms with Gasteiger partial charge in [0.25, 0.3) is 17.5 Å². The van der Waals surface area contributed by atoms with Gasteiger partial charge in [-0.3, -0.25) is 25.0 Å². The van der Waals surface area contributed by atoms with E-state index in [-0.39, 0.29) is 27.9 Å². The molecular weight excluding hydrogens is 372 g/mol. The van der Waals surface area contributed by atoms with E-state index in [2.05, 4.69) is 0 Å².